The minimum atomic E-state index is -0.535. The maximum absolute atomic E-state index is 14.0. The molecule has 2 unspecified atom stereocenters. The largest absolute Gasteiger partial charge is 0.225 e. The van der Waals surface area contributed by atoms with Gasteiger partial charge in [-0.15, -0.1) is 16.7 Å². The molecule has 114 valence electrons. The van der Waals surface area contributed by atoms with Gasteiger partial charge in [0, 0.05) is 10.6 Å². The van der Waals surface area contributed by atoms with Gasteiger partial charge in [-0.25, -0.2) is 9.07 Å². The zero-order chi connectivity index (χ0) is 15.7. The van der Waals surface area contributed by atoms with E-state index in [4.69, 9.17) is 34.8 Å². The number of allylic oxidation sites excluding steroid dienone is 4. The van der Waals surface area contributed by atoms with Crippen LogP contribution in [0, 0.1) is 5.92 Å². The molecule has 1 aliphatic carbocycles. The van der Waals surface area contributed by atoms with Gasteiger partial charge in [0.2, 0.25) is 0 Å². The first kappa shape index (κ1) is 15.5. The Kier molecular flexibility index (Phi) is 4.47. The molecule has 1 aliphatic rings. The summed E-state index contributed by atoms with van der Waals surface area (Å²) < 4.78 is 15.4. The van der Waals surface area contributed by atoms with Crippen LogP contribution in [0.25, 0.3) is 11.4 Å². The van der Waals surface area contributed by atoms with Gasteiger partial charge in [-0.3, -0.25) is 0 Å². The third-order valence-electron chi connectivity index (χ3n) is 3.36. The Labute approximate surface area is 141 Å². The lowest BCUT2D eigenvalue weighted by Gasteiger charge is -2.21. The topological polar surface area (TPSA) is 43.6 Å². The lowest BCUT2D eigenvalue weighted by Crippen LogP contribution is -2.23. The standard InChI is InChI=1S/C14H10Cl3FN4/c15-8-4-5-12(17)9(6-8)14-19-20-21-22(14)7-10-11(16)2-1-3-13(10)18/h1-6,10-11H,7H2. The van der Waals surface area contributed by atoms with E-state index in [1.54, 1.807) is 30.4 Å². The van der Waals surface area contributed by atoms with Gasteiger partial charge in [-0.05, 0) is 34.7 Å². The molecule has 1 aromatic heterocycles. The molecule has 2 atom stereocenters. The predicted molar refractivity (Wildman–Crippen MR) is 84.7 cm³/mol. The van der Waals surface area contributed by atoms with Crippen LogP contribution in [-0.2, 0) is 6.54 Å². The first-order valence-corrected chi connectivity index (χ1v) is 7.65. The average Bonchev–Trinajstić information content (AvgIpc) is 2.94. The molecule has 2 aromatic rings. The Morgan fingerprint density at radius 2 is 2.09 bits per heavy atom. The molecule has 22 heavy (non-hydrogen) atoms. The van der Waals surface area contributed by atoms with E-state index in [2.05, 4.69) is 15.5 Å². The van der Waals surface area contributed by atoms with Gasteiger partial charge in [-0.2, -0.15) is 0 Å². The first-order chi connectivity index (χ1) is 10.6. The summed E-state index contributed by atoms with van der Waals surface area (Å²) in [4.78, 5) is 0. The maximum atomic E-state index is 14.0. The van der Waals surface area contributed by atoms with E-state index in [-0.39, 0.29) is 12.4 Å². The Hall–Kier alpha value is -1.43. The zero-order valence-electron chi connectivity index (χ0n) is 11.1. The normalized spacial score (nSPS) is 21.0. The molecule has 0 spiro atoms. The second-order valence-electron chi connectivity index (χ2n) is 4.80. The molecular weight excluding hydrogens is 350 g/mol. The van der Waals surface area contributed by atoms with Crippen LogP contribution in [-0.4, -0.2) is 25.6 Å². The van der Waals surface area contributed by atoms with Crippen LogP contribution in [0.3, 0.4) is 0 Å². The van der Waals surface area contributed by atoms with Crippen molar-refractivity contribution in [2.24, 2.45) is 5.92 Å². The summed E-state index contributed by atoms with van der Waals surface area (Å²) in [6, 6.07) is 4.99. The van der Waals surface area contributed by atoms with Gasteiger partial charge < -0.3 is 0 Å². The van der Waals surface area contributed by atoms with Crippen LogP contribution in [0.15, 0.2) is 42.3 Å². The lowest BCUT2D eigenvalue weighted by molar-refractivity contribution is 0.395. The van der Waals surface area contributed by atoms with Crippen molar-refractivity contribution in [1.82, 2.24) is 20.2 Å². The zero-order valence-corrected chi connectivity index (χ0v) is 13.4. The van der Waals surface area contributed by atoms with Crippen LogP contribution in [0.5, 0.6) is 0 Å². The van der Waals surface area contributed by atoms with Crippen molar-refractivity contribution in [1.29, 1.82) is 0 Å². The Bertz CT molecular complexity index is 756. The van der Waals surface area contributed by atoms with Crippen molar-refractivity contribution in [3.63, 3.8) is 0 Å². The SMILES string of the molecule is FC1=CC=CC(Cl)C1Cn1nnnc1-c1cc(Cl)ccc1Cl. The van der Waals surface area contributed by atoms with E-state index in [1.165, 1.54) is 10.8 Å². The highest BCUT2D eigenvalue weighted by atomic mass is 35.5. The molecular formula is C14H10Cl3FN4. The first-order valence-electron chi connectivity index (χ1n) is 6.46. The summed E-state index contributed by atoms with van der Waals surface area (Å²) in [6.45, 7) is 0.200. The van der Waals surface area contributed by atoms with Crippen LogP contribution in [0.4, 0.5) is 4.39 Å². The van der Waals surface area contributed by atoms with Gasteiger partial charge in [0.1, 0.15) is 5.83 Å². The van der Waals surface area contributed by atoms with Gasteiger partial charge in [0.05, 0.1) is 22.9 Å². The van der Waals surface area contributed by atoms with E-state index in [9.17, 15) is 4.39 Å². The van der Waals surface area contributed by atoms with E-state index >= 15 is 0 Å². The highest BCUT2D eigenvalue weighted by molar-refractivity contribution is 6.35. The van der Waals surface area contributed by atoms with Crippen molar-refractivity contribution >= 4 is 34.8 Å². The molecule has 0 bridgehead atoms. The van der Waals surface area contributed by atoms with Crippen molar-refractivity contribution in [2.45, 2.75) is 11.9 Å². The fourth-order valence-electron chi connectivity index (χ4n) is 2.23. The van der Waals surface area contributed by atoms with Crippen molar-refractivity contribution < 1.29 is 4.39 Å². The summed E-state index contributed by atoms with van der Waals surface area (Å²) in [5, 5.41) is 12.0. The molecule has 0 aliphatic heterocycles. The molecule has 0 fully saturated rings. The fourth-order valence-corrected chi connectivity index (χ4v) is 2.89. The summed E-state index contributed by atoms with van der Waals surface area (Å²) in [5.41, 5.74) is 0.584. The molecule has 1 heterocycles. The Balaban J connectivity index is 1.94. The number of halogens is 4. The number of hydrogen-bond acceptors (Lipinski definition) is 3. The fraction of sp³-hybridized carbons (Fsp3) is 0.214. The maximum Gasteiger partial charge on any atom is 0.183 e. The van der Waals surface area contributed by atoms with Gasteiger partial charge >= 0.3 is 0 Å². The summed E-state index contributed by atoms with van der Waals surface area (Å²) in [6.07, 6.45) is 4.71. The quantitative estimate of drug-likeness (QED) is 0.768. The molecule has 0 radical (unpaired) electrons. The summed E-state index contributed by atoms with van der Waals surface area (Å²) >= 11 is 18.3. The number of hydrogen-bond donors (Lipinski definition) is 0. The van der Waals surface area contributed by atoms with Crippen molar-refractivity contribution in [3.05, 3.63) is 52.3 Å². The predicted octanol–water partition coefficient (Wildman–Crippen LogP) is 4.29. The molecule has 1 aromatic carbocycles. The Morgan fingerprint density at radius 3 is 2.86 bits per heavy atom. The van der Waals surface area contributed by atoms with E-state index in [1.807, 2.05) is 0 Å². The number of alkyl halides is 1. The van der Waals surface area contributed by atoms with Gasteiger partial charge in [-0.1, -0.05) is 35.4 Å². The van der Waals surface area contributed by atoms with E-state index in [0.717, 1.165) is 0 Å². The van der Waals surface area contributed by atoms with Crippen molar-refractivity contribution in [2.75, 3.05) is 0 Å². The molecule has 3 rings (SSSR count). The molecule has 0 amide bonds. The molecule has 4 nitrogen and oxygen atoms in total. The molecule has 8 heteroatoms. The number of aromatic nitrogens is 4. The van der Waals surface area contributed by atoms with Gasteiger partial charge in [0.25, 0.3) is 0 Å². The second-order valence-corrected chi connectivity index (χ2v) is 6.14. The number of tetrazole rings is 1. The number of nitrogens with zero attached hydrogens (tertiary/aromatic N) is 4. The average molecular weight is 360 g/mol. The number of rotatable bonds is 3. The third kappa shape index (κ3) is 3.02. The number of benzene rings is 1. The van der Waals surface area contributed by atoms with Gasteiger partial charge in [0.15, 0.2) is 5.82 Å². The third-order valence-corrected chi connectivity index (χ3v) is 4.37. The monoisotopic (exact) mass is 358 g/mol. The highest BCUT2D eigenvalue weighted by Crippen LogP contribution is 2.31. The summed E-state index contributed by atoms with van der Waals surface area (Å²) in [5.74, 6) is -0.424. The van der Waals surface area contributed by atoms with Crippen LogP contribution in [0.2, 0.25) is 10.0 Å². The molecule has 0 saturated heterocycles. The van der Waals surface area contributed by atoms with Crippen molar-refractivity contribution in [3.8, 4) is 11.4 Å². The second kappa shape index (κ2) is 6.36. The van der Waals surface area contributed by atoms with Crippen LogP contribution < -0.4 is 0 Å². The lowest BCUT2D eigenvalue weighted by atomic mass is 9.99. The van der Waals surface area contributed by atoms with Crippen LogP contribution >= 0.6 is 34.8 Å². The Morgan fingerprint density at radius 1 is 1.27 bits per heavy atom. The van der Waals surface area contributed by atoms with E-state index < -0.39 is 11.3 Å². The van der Waals surface area contributed by atoms with Crippen LogP contribution in [0.1, 0.15) is 0 Å². The summed E-state index contributed by atoms with van der Waals surface area (Å²) in [7, 11) is 0. The highest BCUT2D eigenvalue weighted by Gasteiger charge is 2.26. The molecule has 0 saturated carbocycles. The smallest absolute Gasteiger partial charge is 0.183 e. The molecule has 0 N–H and O–H groups in total. The minimum absolute atomic E-state index is 0.200. The minimum Gasteiger partial charge on any atom is -0.225 e. The van der Waals surface area contributed by atoms with E-state index in [0.29, 0.717) is 21.4 Å².